The first kappa shape index (κ1) is 19.6. The fourth-order valence-corrected chi connectivity index (χ4v) is 3.56. The lowest BCUT2D eigenvalue weighted by atomic mass is 9.96. The third-order valence-electron chi connectivity index (χ3n) is 4.51. The quantitative estimate of drug-likeness (QED) is 0.404. The largest absolute Gasteiger partial charge is 0.488 e. The van der Waals surface area contributed by atoms with Crippen molar-refractivity contribution in [3.63, 3.8) is 0 Å². The molecule has 3 rings (SSSR count). The molecule has 27 heavy (non-hydrogen) atoms. The van der Waals surface area contributed by atoms with E-state index in [-0.39, 0.29) is 0 Å². The summed E-state index contributed by atoms with van der Waals surface area (Å²) in [4.78, 5) is 0. The first-order valence-electron chi connectivity index (χ1n) is 9.26. The van der Waals surface area contributed by atoms with Gasteiger partial charge in [-0.15, -0.1) is 0 Å². The van der Waals surface area contributed by atoms with Crippen LogP contribution in [0.4, 0.5) is 0 Å². The van der Waals surface area contributed by atoms with Crippen molar-refractivity contribution in [2.24, 2.45) is 5.10 Å². The van der Waals surface area contributed by atoms with Crippen LogP contribution in [0.2, 0.25) is 5.02 Å². The van der Waals surface area contributed by atoms with E-state index in [1.165, 1.54) is 32.1 Å². The van der Waals surface area contributed by atoms with E-state index in [2.05, 4.69) is 15.8 Å². The summed E-state index contributed by atoms with van der Waals surface area (Å²) >= 11 is 11.4. The molecule has 142 valence electrons. The van der Waals surface area contributed by atoms with E-state index < -0.39 is 0 Å². The third-order valence-corrected chi connectivity index (χ3v) is 4.96. The van der Waals surface area contributed by atoms with Crippen molar-refractivity contribution in [1.82, 2.24) is 10.7 Å². The molecule has 2 aromatic rings. The van der Waals surface area contributed by atoms with Crippen molar-refractivity contribution < 1.29 is 4.74 Å². The zero-order chi connectivity index (χ0) is 18.9. The van der Waals surface area contributed by atoms with Gasteiger partial charge in [0.25, 0.3) is 0 Å². The van der Waals surface area contributed by atoms with Crippen molar-refractivity contribution in [2.45, 2.75) is 44.8 Å². The number of nitrogens with zero attached hydrogens (tertiary/aromatic N) is 1. The van der Waals surface area contributed by atoms with Crippen LogP contribution >= 0.6 is 23.8 Å². The first-order chi connectivity index (χ1) is 13.2. The molecule has 0 aliphatic heterocycles. The van der Waals surface area contributed by atoms with Gasteiger partial charge >= 0.3 is 0 Å². The first-order valence-corrected chi connectivity index (χ1v) is 10.1. The molecule has 2 aromatic carbocycles. The predicted octanol–water partition coefficient (Wildman–Crippen LogP) is 5.05. The summed E-state index contributed by atoms with van der Waals surface area (Å²) in [5, 5.41) is 8.86. The Morgan fingerprint density at radius 3 is 2.78 bits per heavy atom. The molecule has 0 atom stereocenters. The van der Waals surface area contributed by atoms with Gasteiger partial charge in [-0.25, -0.2) is 0 Å². The van der Waals surface area contributed by atoms with Crippen molar-refractivity contribution in [1.29, 1.82) is 0 Å². The molecule has 0 unspecified atom stereocenters. The predicted molar refractivity (Wildman–Crippen MR) is 116 cm³/mol. The van der Waals surface area contributed by atoms with Crippen LogP contribution in [0.3, 0.4) is 0 Å². The van der Waals surface area contributed by atoms with Gasteiger partial charge in [-0.1, -0.05) is 55.1 Å². The van der Waals surface area contributed by atoms with Gasteiger partial charge in [0.1, 0.15) is 12.4 Å². The number of thiocarbonyl (C=S) groups is 1. The van der Waals surface area contributed by atoms with Crippen LogP contribution in [0, 0.1) is 0 Å². The summed E-state index contributed by atoms with van der Waals surface area (Å²) in [5.41, 5.74) is 4.80. The average Bonchev–Trinajstić information content (AvgIpc) is 2.68. The minimum absolute atomic E-state index is 0.445. The van der Waals surface area contributed by atoms with Gasteiger partial charge in [0.05, 0.1) is 6.21 Å². The Hall–Kier alpha value is -2.11. The number of nitrogens with one attached hydrogen (secondary N) is 2. The summed E-state index contributed by atoms with van der Waals surface area (Å²) in [6.07, 6.45) is 7.92. The highest BCUT2D eigenvalue weighted by atomic mass is 35.5. The van der Waals surface area contributed by atoms with Gasteiger partial charge in [0.15, 0.2) is 5.11 Å². The van der Waals surface area contributed by atoms with Gasteiger partial charge in [0.2, 0.25) is 0 Å². The van der Waals surface area contributed by atoms with Crippen molar-refractivity contribution >= 4 is 35.1 Å². The van der Waals surface area contributed by atoms with Crippen molar-refractivity contribution in [3.05, 3.63) is 64.7 Å². The van der Waals surface area contributed by atoms with Gasteiger partial charge in [-0.05, 0) is 54.9 Å². The fraction of sp³-hybridized carbons (Fsp3) is 0.333. The Balaban J connectivity index is 1.53. The van der Waals surface area contributed by atoms with Crippen LogP contribution in [0.15, 0.2) is 53.6 Å². The SMILES string of the molecule is S=C(N/N=C/c1ccccc1OCc1cccc(Cl)c1)NC1CCCCC1. The van der Waals surface area contributed by atoms with Crippen LogP contribution in [0.25, 0.3) is 0 Å². The normalized spacial score (nSPS) is 14.9. The van der Waals surface area contributed by atoms with Crippen molar-refractivity contribution in [2.75, 3.05) is 0 Å². The molecule has 0 aromatic heterocycles. The lowest BCUT2D eigenvalue weighted by molar-refractivity contribution is 0.306. The summed E-state index contributed by atoms with van der Waals surface area (Å²) < 4.78 is 5.93. The molecular formula is C21H24ClN3OS. The number of hydrogen-bond acceptors (Lipinski definition) is 3. The Morgan fingerprint density at radius 2 is 1.96 bits per heavy atom. The van der Waals surface area contributed by atoms with E-state index in [0.29, 0.717) is 22.8 Å². The van der Waals surface area contributed by atoms with Gasteiger partial charge in [-0.3, -0.25) is 5.43 Å². The summed E-state index contributed by atoms with van der Waals surface area (Å²) in [6.45, 7) is 0.445. The molecule has 0 saturated heterocycles. The number of hydrazone groups is 1. The molecule has 2 N–H and O–H groups in total. The number of benzene rings is 2. The van der Waals surface area contributed by atoms with E-state index in [4.69, 9.17) is 28.6 Å². The fourth-order valence-electron chi connectivity index (χ4n) is 3.13. The highest BCUT2D eigenvalue weighted by Crippen LogP contribution is 2.19. The second-order valence-corrected chi connectivity index (χ2v) is 7.48. The lowest BCUT2D eigenvalue weighted by Crippen LogP contribution is -2.40. The molecule has 1 aliphatic carbocycles. The van der Waals surface area contributed by atoms with Crippen LogP contribution in [0.1, 0.15) is 43.2 Å². The zero-order valence-corrected chi connectivity index (χ0v) is 16.7. The maximum Gasteiger partial charge on any atom is 0.187 e. The standard InChI is InChI=1S/C21H24ClN3OS/c22-18-9-6-7-16(13-18)15-26-20-12-5-4-8-17(20)14-23-25-21(27)24-19-10-2-1-3-11-19/h4-9,12-14,19H,1-3,10-11,15H2,(H2,24,25,27)/b23-14+. The second kappa shape index (κ2) is 10.3. The third kappa shape index (κ3) is 6.52. The van der Waals surface area contributed by atoms with E-state index in [1.54, 1.807) is 6.21 Å². The Kier molecular flexibility index (Phi) is 7.48. The summed E-state index contributed by atoms with van der Waals surface area (Å²) in [6, 6.07) is 15.9. The number of rotatable bonds is 6. The van der Waals surface area contributed by atoms with Crippen LogP contribution in [-0.2, 0) is 6.61 Å². The van der Waals surface area contributed by atoms with Crippen LogP contribution in [0.5, 0.6) is 5.75 Å². The van der Waals surface area contributed by atoms with Crippen molar-refractivity contribution in [3.8, 4) is 5.75 Å². The van der Waals surface area contributed by atoms with E-state index in [9.17, 15) is 0 Å². The molecule has 6 heteroatoms. The molecule has 0 bridgehead atoms. The maximum absolute atomic E-state index is 6.02. The van der Waals surface area contributed by atoms with E-state index >= 15 is 0 Å². The average molecular weight is 402 g/mol. The number of ether oxygens (including phenoxy) is 1. The van der Waals surface area contributed by atoms with E-state index in [1.807, 2.05) is 48.5 Å². The molecule has 1 saturated carbocycles. The van der Waals surface area contributed by atoms with Gasteiger partial charge in [0, 0.05) is 16.6 Å². The van der Waals surface area contributed by atoms with Crippen LogP contribution < -0.4 is 15.5 Å². The molecule has 0 heterocycles. The monoisotopic (exact) mass is 401 g/mol. The number of hydrogen-bond donors (Lipinski definition) is 2. The molecule has 0 amide bonds. The summed E-state index contributed by atoms with van der Waals surface area (Å²) in [7, 11) is 0. The maximum atomic E-state index is 6.02. The number of para-hydroxylation sites is 1. The summed E-state index contributed by atoms with van der Waals surface area (Å²) in [5.74, 6) is 0.759. The highest BCUT2D eigenvalue weighted by Gasteiger charge is 2.13. The molecule has 1 aliphatic rings. The van der Waals surface area contributed by atoms with Gasteiger partial charge in [-0.2, -0.15) is 5.10 Å². The minimum Gasteiger partial charge on any atom is -0.488 e. The van der Waals surface area contributed by atoms with Gasteiger partial charge < -0.3 is 10.1 Å². The Morgan fingerprint density at radius 1 is 1.15 bits per heavy atom. The van der Waals surface area contributed by atoms with Crippen LogP contribution in [-0.4, -0.2) is 17.4 Å². The molecule has 4 nitrogen and oxygen atoms in total. The lowest BCUT2D eigenvalue weighted by Gasteiger charge is -2.23. The topological polar surface area (TPSA) is 45.7 Å². The molecular weight excluding hydrogens is 378 g/mol. The minimum atomic E-state index is 0.445. The molecule has 0 spiro atoms. The number of halogens is 1. The molecule has 1 fully saturated rings. The van der Waals surface area contributed by atoms with E-state index in [0.717, 1.165) is 16.9 Å². The Bertz CT molecular complexity index is 791. The molecule has 0 radical (unpaired) electrons. The zero-order valence-electron chi connectivity index (χ0n) is 15.2. The highest BCUT2D eigenvalue weighted by molar-refractivity contribution is 7.80. The Labute approximate surface area is 171 Å². The smallest absolute Gasteiger partial charge is 0.187 e. The second-order valence-electron chi connectivity index (χ2n) is 6.63.